The Bertz CT molecular complexity index is 558. The maximum atomic E-state index is 11.2. The van der Waals surface area contributed by atoms with Crippen LogP contribution in [0.25, 0.3) is 0 Å². The van der Waals surface area contributed by atoms with Crippen molar-refractivity contribution < 1.29 is 4.79 Å². The molecule has 2 heterocycles. The van der Waals surface area contributed by atoms with Crippen LogP contribution in [0.4, 0.5) is 5.82 Å². The Balaban J connectivity index is 1.90. The van der Waals surface area contributed by atoms with Crippen LogP contribution in [0, 0.1) is 0 Å². The van der Waals surface area contributed by atoms with Crippen molar-refractivity contribution in [1.29, 1.82) is 0 Å². The quantitative estimate of drug-likeness (QED) is 0.701. The topological polar surface area (TPSA) is 80.0 Å². The zero-order valence-corrected chi connectivity index (χ0v) is 11.3. The third-order valence-corrected chi connectivity index (χ3v) is 3.85. The first-order valence-electron chi connectivity index (χ1n) is 6.49. The van der Waals surface area contributed by atoms with Crippen molar-refractivity contribution in [2.75, 3.05) is 11.9 Å². The van der Waals surface area contributed by atoms with E-state index < -0.39 is 0 Å². The smallest absolute Gasteiger partial charge is 0.222 e. The highest BCUT2D eigenvalue weighted by Gasteiger charge is 2.24. The zero-order chi connectivity index (χ0) is 13.4. The van der Waals surface area contributed by atoms with E-state index in [9.17, 15) is 4.79 Å². The molecule has 0 spiro atoms. The van der Waals surface area contributed by atoms with E-state index in [4.69, 9.17) is 18.0 Å². The highest BCUT2D eigenvalue weighted by molar-refractivity contribution is 7.80. The average Bonchev–Trinajstić information content (AvgIpc) is 2.96. The molecule has 0 saturated carbocycles. The third-order valence-electron chi connectivity index (χ3n) is 3.63. The normalized spacial score (nSPS) is 21.1. The number of anilines is 1. The van der Waals surface area contributed by atoms with Gasteiger partial charge in [0.05, 0.1) is 11.6 Å². The molecule has 5 nitrogen and oxygen atoms in total. The molecule has 1 aromatic heterocycles. The van der Waals surface area contributed by atoms with E-state index in [1.54, 1.807) is 0 Å². The van der Waals surface area contributed by atoms with E-state index in [0.717, 1.165) is 36.3 Å². The first kappa shape index (κ1) is 12.3. The van der Waals surface area contributed by atoms with Gasteiger partial charge in [-0.15, -0.1) is 0 Å². The third kappa shape index (κ3) is 2.40. The minimum absolute atomic E-state index is 0.0625. The molecule has 3 rings (SSSR count). The van der Waals surface area contributed by atoms with E-state index in [1.807, 2.05) is 6.07 Å². The summed E-state index contributed by atoms with van der Waals surface area (Å²) in [7, 11) is 0. The molecule has 1 atom stereocenters. The first-order valence-corrected chi connectivity index (χ1v) is 6.90. The van der Waals surface area contributed by atoms with Gasteiger partial charge < -0.3 is 16.4 Å². The van der Waals surface area contributed by atoms with Gasteiger partial charge in [-0.25, -0.2) is 4.98 Å². The van der Waals surface area contributed by atoms with Crippen LogP contribution in [0.3, 0.4) is 0 Å². The molecule has 100 valence electrons. The van der Waals surface area contributed by atoms with Gasteiger partial charge >= 0.3 is 0 Å². The summed E-state index contributed by atoms with van der Waals surface area (Å²) in [4.78, 5) is 16.2. The highest BCUT2D eigenvalue weighted by Crippen LogP contribution is 2.26. The van der Waals surface area contributed by atoms with Crippen LogP contribution >= 0.6 is 12.2 Å². The summed E-state index contributed by atoms with van der Waals surface area (Å²) in [5, 5.41) is 6.09. The molecular weight excluding hydrogens is 260 g/mol. The number of aromatic nitrogens is 1. The molecule has 4 N–H and O–H groups in total. The number of fused-ring (bicyclic) bond motifs is 1. The van der Waals surface area contributed by atoms with Gasteiger partial charge in [0.1, 0.15) is 10.8 Å². The Morgan fingerprint density at radius 3 is 3.05 bits per heavy atom. The molecule has 1 unspecified atom stereocenters. The van der Waals surface area contributed by atoms with Crippen molar-refractivity contribution in [2.24, 2.45) is 5.73 Å². The predicted molar refractivity (Wildman–Crippen MR) is 77.2 cm³/mol. The van der Waals surface area contributed by atoms with Crippen LogP contribution < -0.4 is 16.4 Å². The van der Waals surface area contributed by atoms with Gasteiger partial charge in [-0.3, -0.25) is 4.79 Å². The van der Waals surface area contributed by atoms with Crippen molar-refractivity contribution in [3.8, 4) is 0 Å². The average molecular weight is 276 g/mol. The summed E-state index contributed by atoms with van der Waals surface area (Å²) in [5.74, 6) is 0.783. The van der Waals surface area contributed by atoms with E-state index >= 15 is 0 Å². The standard InChI is InChI=1S/C13H16N4OS/c14-12(19)9-4-7-2-1-3-10(7)17-13(9)16-8-5-11(18)15-6-8/h4,8H,1-3,5-6H2,(H2,14,19)(H,15,18)(H,16,17). The van der Waals surface area contributed by atoms with E-state index in [0.29, 0.717) is 18.0 Å². The van der Waals surface area contributed by atoms with Crippen LogP contribution in [0.15, 0.2) is 6.07 Å². The molecular formula is C13H16N4OS. The number of nitrogens with zero attached hydrogens (tertiary/aromatic N) is 1. The Hall–Kier alpha value is -1.69. The minimum Gasteiger partial charge on any atom is -0.389 e. The summed E-state index contributed by atoms with van der Waals surface area (Å²) in [6.07, 6.45) is 3.65. The molecule has 6 heteroatoms. The maximum Gasteiger partial charge on any atom is 0.222 e. The second-order valence-corrected chi connectivity index (χ2v) is 5.50. The number of rotatable bonds is 3. The predicted octanol–water partition coefficient (Wildman–Crippen LogP) is 0.505. The maximum absolute atomic E-state index is 11.2. The molecule has 0 bridgehead atoms. The summed E-state index contributed by atoms with van der Waals surface area (Å²) < 4.78 is 0. The lowest BCUT2D eigenvalue weighted by Gasteiger charge is -2.16. The fraction of sp³-hybridized carbons (Fsp3) is 0.462. The molecule has 1 aliphatic heterocycles. The lowest BCUT2D eigenvalue weighted by Crippen LogP contribution is -2.25. The zero-order valence-electron chi connectivity index (χ0n) is 10.5. The van der Waals surface area contributed by atoms with Gasteiger partial charge in [0, 0.05) is 18.7 Å². The van der Waals surface area contributed by atoms with Crippen molar-refractivity contribution in [1.82, 2.24) is 10.3 Å². The molecule has 0 radical (unpaired) electrons. The number of aryl methyl sites for hydroxylation is 2. The molecule has 1 aliphatic carbocycles. The number of nitrogens with one attached hydrogen (secondary N) is 2. The summed E-state index contributed by atoms with van der Waals surface area (Å²) >= 11 is 5.10. The second kappa shape index (κ2) is 4.77. The van der Waals surface area contributed by atoms with Crippen LogP contribution in [0.5, 0.6) is 0 Å². The Kier molecular flexibility index (Phi) is 3.10. The summed E-state index contributed by atoms with van der Waals surface area (Å²) in [6.45, 7) is 0.619. The lowest BCUT2D eigenvalue weighted by molar-refractivity contribution is -0.119. The van der Waals surface area contributed by atoms with Crippen LogP contribution in [-0.4, -0.2) is 28.5 Å². The second-order valence-electron chi connectivity index (χ2n) is 5.06. The SMILES string of the molecule is NC(=S)c1cc2c(nc1NC1CNC(=O)C1)CCC2. The van der Waals surface area contributed by atoms with Gasteiger partial charge in [0.2, 0.25) is 5.91 Å². The molecule has 2 aliphatic rings. The number of thiocarbonyl (C=S) groups is 1. The highest BCUT2D eigenvalue weighted by atomic mass is 32.1. The van der Waals surface area contributed by atoms with Gasteiger partial charge in [0.15, 0.2) is 0 Å². The number of amides is 1. The largest absolute Gasteiger partial charge is 0.389 e. The molecule has 19 heavy (non-hydrogen) atoms. The van der Waals surface area contributed by atoms with Gasteiger partial charge in [-0.05, 0) is 30.9 Å². The van der Waals surface area contributed by atoms with Crippen LogP contribution in [-0.2, 0) is 17.6 Å². The van der Waals surface area contributed by atoms with Crippen LogP contribution in [0.1, 0.15) is 29.7 Å². The van der Waals surface area contributed by atoms with E-state index in [2.05, 4.69) is 15.6 Å². The number of carbonyl (C=O) groups is 1. The van der Waals surface area contributed by atoms with E-state index in [-0.39, 0.29) is 11.9 Å². The first-order chi connectivity index (χ1) is 9.13. The van der Waals surface area contributed by atoms with E-state index in [1.165, 1.54) is 5.56 Å². The number of carbonyl (C=O) groups excluding carboxylic acids is 1. The fourth-order valence-corrected chi connectivity index (χ4v) is 2.83. The fourth-order valence-electron chi connectivity index (χ4n) is 2.67. The Morgan fingerprint density at radius 2 is 2.37 bits per heavy atom. The number of pyridine rings is 1. The van der Waals surface area contributed by atoms with Gasteiger partial charge in [0.25, 0.3) is 0 Å². The number of nitrogens with two attached hydrogens (primary N) is 1. The molecule has 1 saturated heterocycles. The molecule has 1 aromatic rings. The molecule has 1 amide bonds. The molecule has 0 aromatic carbocycles. The monoisotopic (exact) mass is 276 g/mol. The minimum atomic E-state index is 0.0625. The van der Waals surface area contributed by atoms with Crippen molar-refractivity contribution in [3.63, 3.8) is 0 Å². The van der Waals surface area contributed by atoms with Crippen molar-refractivity contribution in [2.45, 2.75) is 31.7 Å². The van der Waals surface area contributed by atoms with Gasteiger partial charge in [-0.1, -0.05) is 12.2 Å². The van der Waals surface area contributed by atoms with Gasteiger partial charge in [-0.2, -0.15) is 0 Å². The molecule has 1 fully saturated rings. The van der Waals surface area contributed by atoms with Crippen molar-refractivity contribution in [3.05, 3.63) is 22.9 Å². The summed E-state index contributed by atoms with van der Waals surface area (Å²) in [5.41, 5.74) is 8.94. The lowest BCUT2D eigenvalue weighted by atomic mass is 10.1. The van der Waals surface area contributed by atoms with Crippen molar-refractivity contribution >= 4 is 28.9 Å². The Morgan fingerprint density at radius 1 is 1.53 bits per heavy atom. The number of hydrogen-bond donors (Lipinski definition) is 3. The number of hydrogen-bond acceptors (Lipinski definition) is 4. The Labute approximate surface area is 117 Å². The summed E-state index contributed by atoms with van der Waals surface area (Å²) in [6, 6.07) is 2.11. The van der Waals surface area contributed by atoms with Crippen LogP contribution in [0.2, 0.25) is 0 Å².